The quantitative estimate of drug-likeness (QED) is 0.517. The molecule has 2 aromatic carbocycles. The van der Waals surface area contributed by atoms with Gasteiger partial charge < -0.3 is 10.1 Å². The Morgan fingerprint density at radius 1 is 0.938 bits per heavy atom. The third kappa shape index (κ3) is 6.04. The predicted molar refractivity (Wildman–Crippen MR) is 115 cm³/mol. The van der Waals surface area contributed by atoms with Gasteiger partial charge in [-0.2, -0.15) is 4.31 Å². The second-order valence-corrected chi connectivity index (χ2v) is 9.11. The normalized spacial score (nSPS) is 14.4. The van der Waals surface area contributed by atoms with Gasteiger partial charge in [-0.15, -0.1) is 0 Å². The molecule has 0 unspecified atom stereocenters. The number of amides is 3. The van der Waals surface area contributed by atoms with Gasteiger partial charge in [-0.1, -0.05) is 23.7 Å². The number of hydrazine groups is 1. The summed E-state index contributed by atoms with van der Waals surface area (Å²) < 4.78 is 31.9. The highest BCUT2D eigenvalue weighted by atomic mass is 35.5. The Labute approximate surface area is 189 Å². The van der Waals surface area contributed by atoms with Crippen molar-refractivity contribution in [1.29, 1.82) is 0 Å². The van der Waals surface area contributed by atoms with E-state index in [1.54, 1.807) is 18.2 Å². The molecule has 0 saturated carbocycles. The third-order valence-electron chi connectivity index (χ3n) is 4.52. The lowest BCUT2D eigenvalue weighted by molar-refractivity contribution is -0.120. The van der Waals surface area contributed by atoms with Crippen LogP contribution in [0.2, 0.25) is 5.02 Å². The van der Waals surface area contributed by atoms with Gasteiger partial charge in [-0.05, 0) is 36.4 Å². The summed E-state index contributed by atoms with van der Waals surface area (Å²) in [7, 11) is -3.77. The van der Waals surface area contributed by atoms with Gasteiger partial charge in [0, 0.05) is 29.2 Å². The molecule has 0 aliphatic carbocycles. The van der Waals surface area contributed by atoms with E-state index in [0.29, 0.717) is 18.2 Å². The fourth-order valence-corrected chi connectivity index (χ4v) is 4.51. The Morgan fingerprint density at radius 3 is 2.28 bits per heavy atom. The number of nitrogens with zero attached hydrogens (tertiary/aromatic N) is 1. The van der Waals surface area contributed by atoms with E-state index in [1.165, 1.54) is 34.6 Å². The van der Waals surface area contributed by atoms with Gasteiger partial charge in [0.1, 0.15) is 0 Å². The van der Waals surface area contributed by atoms with Crippen molar-refractivity contribution in [2.24, 2.45) is 0 Å². The number of hydrogen-bond acceptors (Lipinski definition) is 6. The number of ether oxygens (including phenoxy) is 1. The molecule has 0 radical (unpaired) electrons. The zero-order chi connectivity index (χ0) is 23.1. The van der Waals surface area contributed by atoms with Crippen LogP contribution in [0.1, 0.15) is 20.7 Å². The van der Waals surface area contributed by atoms with Crippen molar-refractivity contribution < 1.29 is 27.5 Å². The molecular formula is C20H21ClN4O6S. The third-order valence-corrected chi connectivity index (χ3v) is 6.65. The van der Waals surface area contributed by atoms with Crippen LogP contribution in [0, 0.1) is 0 Å². The monoisotopic (exact) mass is 480 g/mol. The second-order valence-electron chi connectivity index (χ2n) is 6.74. The summed E-state index contributed by atoms with van der Waals surface area (Å²) in [6.45, 7) is 0.682. The van der Waals surface area contributed by atoms with Crippen molar-refractivity contribution in [2.45, 2.75) is 4.90 Å². The summed E-state index contributed by atoms with van der Waals surface area (Å²) in [5, 5.41) is 2.78. The molecule has 1 heterocycles. The van der Waals surface area contributed by atoms with Crippen molar-refractivity contribution in [2.75, 3.05) is 32.8 Å². The molecule has 0 bridgehead atoms. The summed E-state index contributed by atoms with van der Waals surface area (Å²) in [4.78, 5) is 36.3. The minimum Gasteiger partial charge on any atom is -0.379 e. The van der Waals surface area contributed by atoms with Crippen molar-refractivity contribution in [1.82, 2.24) is 20.5 Å². The van der Waals surface area contributed by atoms with Crippen LogP contribution in [-0.2, 0) is 19.6 Å². The molecule has 0 aromatic heterocycles. The van der Waals surface area contributed by atoms with Crippen LogP contribution >= 0.6 is 11.6 Å². The number of carbonyl (C=O) groups is 3. The maximum Gasteiger partial charge on any atom is 0.269 e. The Bertz CT molecular complexity index is 1120. The van der Waals surface area contributed by atoms with Crippen LogP contribution in [0.25, 0.3) is 0 Å². The van der Waals surface area contributed by atoms with E-state index in [0.717, 1.165) is 0 Å². The average molecular weight is 481 g/mol. The zero-order valence-corrected chi connectivity index (χ0v) is 18.4. The highest BCUT2D eigenvalue weighted by Crippen LogP contribution is 2.18. The maximum atomic E-state index is 12.7. The van der Waals surface area contributed by atoms with Gasteiger partial charge in [0.15, 0.2) is 0 Å². The lowest BCUT2D eigenvalue weighted by Crippen LogP contribution is -2.46. The summed E-state index contributed by atoms with van der Waals surface area (Å²) >= 11 is 5.83. The van der Waals surface area contributed by atoms with Crippen LogP contribution < -0.4 is 16.2 Å². The minimum atomic E-state index is -3.77. The van der Waals surface area contributed by atoms with Crippen LogP contribution in [-0.4, -0.2) is 63.3 Å². The van der Waals surface area contributed by atoms with Crippen molar-refractivity contribution >= 4 is 39.3 Å². The lowest BCUT2D eigenvalue weighted by Gasteiger charge is -2.26. The summed E-state index contributed by atoms with van der Waals surface area (Å²) in [5.41, 5.74) is 4.68. The molecule has 3 amide bonds. The first-order valence-electron chi connectivity index (χ1n) is 9.58. The largest absolute Gasteiger partial charge is 0.379 e. The van der Waals surface area contributed by atoms with Crippen LogP contribution in [0.5, 0.6) is 0 Å². The van der Waals surface area contributed by atoms with E-state index in [4.69, 9.17) is 16.3 Å². The van der Waals surface area contributed by atoms with Gasteiger partial charge in [-0.25, -0.2) is 8.42 Å². The fraction of sp³-hybridized carbons (Fsp3) is 0.250. The molecule has 12 heteroatoms. The molecular weight excluding hydrogens is 460 g/mol. The van der Waals surface area contributed by atoms with Gasteiger partial charge in [0.2, 0.25) is 10.0 Å². The standard InChI is InChI=1S/C20H21ClN4O6S/c21-16-5-1-3-14(11-16)19(27)22-13-18(26)23-24-20(28)15-4-2-6-17(12-15)32(29,30)25-7-9-31-10-8-25/h1-6,11-12H,7-10,13H2,(H,22,27)(H,23,26)(H,24,28). The molecule has 170 valence electrons. The lowest BCUT2D eigenvalue weighted by atomic mass is 10.2. The van der Waals surface area contributed by atoms with Gasteiger partial charge in [0.25, 0.3) is 17.7 Å². The molecule has 10 nitrogen and oxygen atoms in total. The van der Waals surface area contributed by atoms with E-state index >= 15 is 0 Å². The average Bonchev–Trinajstić information content (AvgIpc) is 2.81. The number of hydrogen-bond donors (Lipinski definition) is 3. The van der Waals surface area contributed by atoms with E-state index in [2.05, 4.69) is 16.2 Å². The van der Waals surface area contributed by atoms with E-state index in [9.17, 15) is 22.8 Å². The molecule has 0 spiro atoms. The van der Waals surface area contributed by atoms with E-state index < -0.39 is 34.3 Å². The molecule has 3 rings (SSSR count). The molecule has 1 fully saturated rings. The molecule has 1 aliphatic heterocycles. The van der Waals surface area contributed by atoms with Crippen LogP contribution in [0.3, 0.4) is 0 Å². The molecule has 1 saturated heterocycles. The Kier molecular flexibility index (Phi) is 7.80. The second kappa shape index (κ2) is 10.6. The van der Waals surface area contributed by atoms with Crippen LogP contribution in [0.15, 0.2) is 53.4 Å². The van der Waals surface area contributed by atoms with Crippen molar-refractivity contribution in [3.8, 4) is 0 Å². The first kappa shape index (κ1) is 23.7. The van der Waals surface area contributed by atoms with Gasteiger partial charge in [0.05, 0.1) is 24.7 Å². The molecule has 32 heavy (non-hydrogen) atoms. The molecule has 2 aromatic rings. The SMILES string of the molecule is O=C(CNC(=O)c1cccc(Cl)c1)NNC(=O)c1cccc(S(=O)(=O)N2CCOCC2)c1. The number of rotatable bonds is 6. The number of benzene rings is 2. The number of halogens is 1. The van der Waals surface area contributed by atoms with E-state index in [1.807, 2.05) is 0 Å². The van der Waals surface area contributed by atoms with E-state index in [-0.39, 0.29) is 29.1 Å². The Balaban J connectivity index is 1.54. The maximum absolute atomic E-state index is 12.7. The first-order chi connectivity index (χ1) is 15.3. The highest BCUT2D eigenvalue weighted by molar-refractivity contribution is 7.89. The first-order valence-corrected chi connectivity index (χ1v) is 11.4. The number of nitrogens with one attached hydrogen (secondary N) is 3. The number of carbonyl (C=O) groups excluding carboxylic acids is 3. The Morgan fingerprint density at radius 2 is 1.59 bits per heavy atom. The number of morpholine rings is 1. The fourth-order valence-electron chi connectivity index (χ4n) is 2.87. The molecule has 3 N–H and O–H groups in total. The van der Waals surface area contributed by atoms with Crippen LogP contribution in [0.4, 0.5) is 0 Å². The summed E-state index contributed by atoms with van der Waals surface area (Å²) in [6, 6.07) is 11.7. The molecule has 0 atom stereocenters. The van der Waals surface area contributed by atoms with Gasteiger partial charge in [-0.3, -0.25) is 25.2 Å². The Hall–Kier alpha value is -2.99. The minimum absolute atomic E-state index is 0.0350. The van der Waals surface area contributed by atoms with Crippen molar-refractivity contribution in [3.05, 3.63) is 64.7 Å². The zero-order valence-electron chi connectivity index (χ0n) is 16.8. The predicted octanol–water partition coefficient (Wildman–Crippen LogP) is 0.552. The number of sulfonamides is 1. The molecule has 1 aliphatic rings. The smallest absolute Gasteiger partial charge is 0.269 e. The van der Waals surface area contributed by atoms with Crippen molar-refractivity contribution in [3.63, 3.8) is 0 Å². The highest BCUT2D eigenvalue weighted by Gasteiger charge is 2.26. The van der Waals surface area contributed by atoms with Gasteiger partial charge >= 0.3 is 0 Å². The summed E-state index contributed by atoms with van der Waals surface area (Å²) in [5.74, 6) is -1.89. The topological polar surface area (TPSA) is 134 Å². The summed E-state index contributed by atoms with van der Waals surface area (Å²) in [6.07, 6.45) is 0.